The van der Waals surface area contributed by atoms with Crippen LogP contribution in [-0.2, 0) is 11.3 Å². The van der Waals surface area contributed by atoms with E-state index in [1.54, 1.807) is 11.6 Å². The maximum atomic E-state index is 12.7. The number of hydrogen-bond acceptors (Lipinski definition) is 3. The summed E-state index contributed by atoms with van der Waals surface area (Å²) in [5.74, 6) is -0.0137. The zero-order valence-electron chi connectivity index (χ0n) is 16.0. The first-order valence-electron chi connectivity index (χ1n) is 8.98. The smallest absolute Gasteiger partial charge is 0.244 e. The third kappa shape index (κ3) is 4.91. The van der Waals surface area contributed by atoms with E-state index < -0.39 is 0 Å². The fourth-order valence-corrected chi connectivity index (χ4v) is 3.06. The molecule has 0 aliphatic rings. The summed E-state index contributed by atoms with van der Waals surface area (Å²) in [6.45, 7) is 8.62. The molecule has 0 fully saturated rings. The molecule has 1 aromatic carbocycles. The minimum absolute atomic E-state index is 0.00487. The molecule has 0 bridgehead atoms. The summed E-state index contributed by atoms with van der Waals surface area (Å²) in [6.07, 6.45) is 4.92. The Labute approximate surface area is 155 Å². The van der Waals surface area contributed by atoms with Gasteiger partial charge in [-0.25, -0.2) is 0 Å². The van der Waals surface area contributed by atoms with Crippen LogP contribution in [0.3, 0.4) is 0 Å². The maximum Gasteiger partial charge on any atom is 0.244 e. The van der Waals surface area contributed by atoms with Crippen LogP contribution in [0.25, 0.3) is 6.08 Å². The zero-order valence-corrected chi connectivity index (χ0v) is 16.0. The lowest BCUT2D eigenvalue weighted by Gasteiger charge is -2.21. The second-order valence-electron chi connectivity index (χ2n) is 6.41. The summed E-state index contributed by atoms with van der Waals surface area (Å²) in [7, 11) is 0. The van der Waals surface area contributed by atoms with Gasteiger partial charge in [0.1, 0.15) is 6.54 Å². The van der Waals surface area contributed by atoms with Crippen LogP contribution in [-0.4, -0.2) is 39.5 Å². The molecule has 0 aliphatic heterocycles. The Kier molecular flexibility index (Phi) is 6.89. The molecule has 0 N–H and O–H groups in total. The highest BCUT2D eigenvalue weighted by Crippen LogP contribution is 2.14. The van der Waals surface area contributed by atoms with E-state index in [0.29, 0.717) is 24.3 Å². The van der Waals surface area contributed by atoms with E-state index in [4.69, 9.17) is 0 Å². The van der Waals surface area contributed by atoms with E-state index in [-0.39, 0.29) is 18.2 Å². The zero-order chi connectivity index (χ0) is 19.1. The summed E-state index contributed by atoms with van der Waals surface area (Å²) in [6, 6.07) is 10.0. The number of carbonyl (C=O) groups is 2. The third-order valence-corrected chi connectivity index (χ3v) is 4.30. The molecule has 0 unspecified atom stereocenters. The molecule has 1 amide bonds. The number of benzene rings is 1. The second kappa shape index (κ2) is 9.13. The van der Waals surface area contributed by atoms with E-state index >= 15 is 0 Å². The van der Waals surface area contributed by atoms with E-state index in [1.165, 1.54) is 6.92 Å². The monoisotopic (exact) mass is 353 g/mol. The Balaban J connectivity index is 2.07. The highest BCUT2D eigenvalue weighted by atomic mass is 16.2. The van der Waals surface area contributed by atoms with Gasteiger partial charge in [0.05, 0.1) is 11.3 Å². The summed E-state index contributed by atoms with van der Waals surface area (Å²) < 4.78 is 1.64. The number of aryl methyl sites for hydroxylation is 1. The fourth-order valence-electron chi connectivity index (χ4n) is 3.06. The van der Waals surface area contributed by atoms with Crippen molar-refractivity contribution in [3.05, 3.63) is 58.9 Å². The van der Waals surface area contributed by atoms with Crippen LogP contribution >= 0.6 is 0 Å². The van der Waals surface area contributed by atoms with E-state index in [9.17, 15) is 9.59 Å². The van der Waals surface area contributed by atoms with Gasteiger partial charge in [-0.2, -0.15) is 5.10 Å². The first kappa shape index (κ1) is 19.6. The van der Waals surface area contributed by atoms with Gasteiger partial charge < -0.3 is 4.90 Å². The standard InChI is InChI=1S/C21H27N3O2/c1-5-13-23(14-9-12-19-10-7-6-8-11-19)20(26)15-24-17(3)21(18(4)25)16(2)22-24/h6-12H,5,13-15H2,1-4H3/b12-9+. The number of ketones is 1. The van der Waals surface area contributed by atoms with Crippen LogP contribution in [0.15, 0.2) is 36.4 Å². The Morgan fingerprint density at radius 1 is 1.19 bits per heavy atom. The molecule has 1 aromatic heterocycles. The van der Waals surface area contributed by atoms with E-state index in [0.717, 1.165) is 17.7 Å². The summed E-state index contributed by atoms with van der Waals surface area (Å²) in [5, 5.41) is 4.37. The SMILES string of the molecule is CCCN(C/C=C/c1ccccc1)C(=O)Cn1nc(C)c(C(C)=O)c1C. The van der Waals surface area contributed by atoms with Crippen LogP contribution in [0.1, 0.15) is 47.6 Å². The van der Waals surface area contributed by atoms with Gasteiger partial charge in [0.15, 0.2) is 5.78 Å². The lowest BCUT2D eigenvalue weighted by Crippen LogP contribution is -2.35. The lowest BCUT2D eigenvalue weighted by molar-refractivity contribution is -0.131. The largest absolute Gasteiger partial charge is 0.337 e. The molecule has 26 heavy (non-hydrogen) atoms. The summed E-state index contributed by atoms with van der Waals surface area (Å²) >= 11 is 0. The van der Waals surface area contributed by atoms with E-state index in [2.05, 4.69) is 12.0 Å². The number of hydrogen-bond donors (Lipinski definition) is 0. The number of nitrogens with zero attached hydrogens (tertiary/aromatic N) is 3. The van der Waals surface area contributed by atoms with Crippen molar-refractivity contribution in [2.24, 2.45) is 0 Å². The number of amides is 1. The number of Topliss-reactive ketones (excluding diaryl/α,β-unsaturated/α-hetero) is 1. The molecule has 2 aromatic rings. The maximum absolute atomic E-state index is 12.7. The molecule has 5 nitrogen and oxygen atoms in total. The van der Waals surface area contributed by atoms with Crippen molar-refractivity contribution in [3.8, 4) is 0 Å². The molecule has 1 heterocycles. The quantitative estimate of drug-likeness (QED) is 0.681. The van der Waals surface area contributed by atoms with Crippen molar-refractivity contribution in [2.45, 2.75) is 40.7 Å². The molecule has 138 valence electrons. The van der Waals surface area contributed by atoms with Crippen molar-refractivity contribution < 1.29 is 9.59 Å². The van der Waals surface area contributed by atoms with E-state index in [1.807, 2.05) is 54.3 Å². The van der Waals surface area contributed by atoms with Crippen LogP contribution in [0.4, 0.5) is 0 Å². The Hall–Kier alpha value is -2.69. The molecule has 5 heteroatoms. The molecule has 0 saturated carbocycles. The van der Waals surface area contributed by atoms with Crippen LogP contribution in [0, 0.1) is 13.8 Å². The van der Waals surface area contributed by atoms with Crippen LogP contribution in [0.2, 0.25) is 0 Å². The van der Waals surface area contributed by atoms with Gasteiger partial charge in [0, 0.05) is 18.8 Å². The molecule has 0 aliphatic carbocycles. The van der Waals surface area contributed by atoms with Gasteiger partial charge in [-0.05, 0) is 32.8 Å². The highest BCUT2D eigenvalue weighted by Gasteiger charge is 2.19. The molecular formula is C21H27N3O2. The van der Waals surface area contributed by atoms with Crippen molar-refractivity contribution in [3.63, 3.8) is 0 Å². The minimum atomic E-state index is -0.0186. The number of rotatable bonds is 8. The van der Waals surface area contributed by atoms with Crippen molar-refractivity contribution in [1.29, 1.82) is 0 Å². The molecule has 0 atom stereocenters. The average molecular weight is 353 g/mol. The third-order valence-electron chi connectivity index (χ3n) is 4.30. The first-order chi connectivity index (χ1) is 12.4. The van der Waals surface area contributed by atoms with Gasteiger partial charge in [0.25, 0.3) is 0 Å². The second-order valence-corrected chi connectivity index (χ2v) is 6.41. The Morgan fingerprint density at radius 2 is 1.88 bits per heavy atom. The average Bonchev–Trinajstić information content (AvgIpc) is 2.88. The Morgan fingerprint density at radius 3 is 2.46 bits per heavy atom. The van der Waals surface area contributed by atoms with Gasteiger partial charge in [0.2, 0.25) is 5.91 Å². The van der Waals surface area contributed by atoms with Crippen molar-refractivity contribution in [2.75, 3.05) is 13.1 Å². The molecule has 2 rings (SSSR count). The highest BCUT2D eigenvalue weighted by molar-refractivity contribution is 5.96. The summed E-state index contributed by atoms with van der Waals surface area (Å²) in [5.41, 5.74) is 3.15. The van der Waals surface area contributed by atoms with Gasteiger partial charge >= 0.3 is 0 Å². The molecule has 0 spiro atoms. The minimum Gasteiger partial charge on any atom is -0.337 e. The predicted octanol–water partition coefficient (Wildman–Crippen LogP) is 3.65. The van der Waals surface area contributed by atoms with Gasteiger partial charge in [-0.15, -0.1) is 0 Å². The topological polar surface area (TPSA) is 55.2 Å². The molecular weight excluding hydrogens is 326 g/mol. The molecule has 0 saturated heterocycles. The first-order valence-corrected chi connectivity index (χ1v) is 8.98. The fraction of sp³-hybridized carbons (Fsp3) is 0.381. The van der Waals surface area contributed by atoms with Crippen LogP contribution < -0.4 is 0 Å². The number of aromatic nitrogens is 2. The Bertz CT molecular complexity index is 791. The van der Waals surface area contributed by atoms with Crippen molar-refractivity contribution in [1.82, 2.24) is 14.7 Å². The summed E-state index contributed by atoms with van der Waals surface area (Å²) in [4.78, 5) is 26.3. The predicted molar refractivity (Wildman–Crippen MR) is 104 cm³/mol. The van der Waals surface area contributed by atoms with Gasteiger partial charge in [-0.3, -0.25) is 14.3 Å². The normalized spacial score (nSPS) is 11.1. The van der Waals surface area contributed by atoms with Gasteiger partial charge in [-0.1, -0.05) is 49.4 Å². The van der Waals surface area contributed by atoms with Crippen LogP contribution in [0.5, 0.6) is 0 Å². The van der Waals surface area contributed by atoms with Crippen molar-refractivity contribution >= 4 is 17.8 Å². The lowest BCUT2D eigenvalue weighted by atomic mass is 10.1. The number of carbonyl (C=O) groups excluding carboxylic acids is 2. The molecule has 0 radical (unpaired) electrons.